The first kappa shape index (κ1) is 18.0. The third kappa shape index (κ3) is 3.44. The standard InChI is InChI=1S/C19H18ClN3O3S/c20-15-5-4-14(27-15)18(25)23-9-6-13-12(11-23)10-21-17(24)16(13)19(26)22-7-2-1-3-8-22/h1-2,4-5,10H,3,6-9,11H2,(H,21,24). The smallest absolute Gasteiger partial charge is 0.264 e. The number of hydrogen-bond donors (Lipinski definition) is 1. The van der Waals surface area contributed by atoms with Gasteiger partial charge in [-0.2, -0.15) is 0 Å². The molecule has 0 unspecified atom stereocenters. The third-order valence-electron chi connectivity index (χ3n) is 4.92. The van der Waals surface area contributed by atoms with E-state index in [1.54, 1.807) is 28.1 Å². The molecule has 27 heavy (non-hydrogen) atoms. The second-order valence-corrected chi connectivity index (χ2v) is 8.30. The molecule has 2 aromatic rings. The normalized spacial score (nSPS) is 16.3. The number of nitrogens with zero attached hydrogens (tertiary/aromatic N) is 2. The van der Waals surface area contributed by atoms with Crippen LogP contribution in [0.5, 0.6) is 0 Å². The molecule has 0 bridgehead atoms. The maximum absolute atomic E-state index is 12.9. The maximum atomic E-state index is 12.9. The Morgan fingerprint density at radius 3 is 2.67 bits per heavy atom. The second kappa shape index (κ2) is 7.32. The van der Waals surface area contributed by atoms with Crippen molar-refractivity contribution in [1.82, 2.24) is 14.8 Å². The van der Waals surface area contributed by atoms with E-state index in [9.17, 15) is 14.4 Å². The van der Waals surface area contributed by atoms with Crippen LogP contribution in [-0.2, 0) is 13.0 Å². The van der Waals surface area contributed by atoms with Crippen LogP contribution in [0.3, 0.4) is 0 Å². The van der Waals surface area contributed by atoms with E-state index in [4.69, 9.17) is 11.6 Å². The van der Waals surface area contributed by atoms with Crippen molar-refractivity contribution in [3.8, 4) is 0 Å². The molecule has 0 radical (unpaired) electrons. The maximum Gasteiger partial charge on any atom is 0.264 e. The number of rotatable bonds is 2. The van der Waals surface area contributed by atoms with Crippen molar-refractivity contribution in [2.24, 2.45) is 0 Å². The Bertz CT molecular complexity index is 994. The highest BCUT2D eigenvalue weighted by atomic mass is 35.5. The Kier molecular flexibility index (Phi) is 4.88. The Labute approximate surface area is 165 Å². The molecule has 1 N–H and O–H groups in total. The number of amides is 2. The molecule has 140 valence electrons. The predicted octanol–water partition coefficient (Wildman–Crippen LogP) is 2.69. The predicted molar refractivity (Wildman–Crippen MR) is 104 cm³/mol. The first-order valence-electron chi connectivity index (χ1n) is 8.77. The highest BCUT2D eigenvalue weighted by Gasteiger charge is 2.29. The van der Waals surface area contributed by atoms with Gasteiger partial charge in [0.1, 0.15) is 5.56 Å². The summed E-state index contributed by atoms with van der Waals surface area (Å²) in [6.07, 6.45) is 6.87. The minimum Gasteiger partial charge on any atom is -0.334 e. The van der Waals surface area contributed by atoms with Crippen LogP contribution in [0.1, 0.15) is 37.6 Å². The number of hydrogen-bond acceptors (Lipinski definition) is 4. The average Bonchev–Trinajstić information content (AvgIpc) is 3.13. The van der Waals surface area contributed by atoms with Crippen LogP contribution >= 0.6 is 22.9 Å². The van der Waals surface area contributed by atoms with Gasteiger partial charge in [-0.3, -0.25) is 14.4 Å². The molecular weight excluding hydrogens is 386 g/mol. The fourth-order valence-electron chi connectivity index (χ4n) is 3.54. The summed E-state index contributed by atoms with van der Waals surface area (Å²) in [5, 5.41) is 0. The molecular formula is C19H18ClN3O3S. The van der Waals surface area contributed by atoms with Crippen LogP contribution in [0.2, 0.25) is 4.34 Å². The molecule has 0 saturated carbocycles. The number of pyridine rings is 1. The summed E-state index contributed by atoms with van der Waals surface area (Å²) in [7, 11) is 0. The van der Waals surface area contributed by atoms with Crippen LogP contribution in [0.25, 0.3) is 0 Å². The molecule has 4 rings (SSSR count). The molecule has 2 aliphatic heterocycles. The summed E-state index contributed by atoms with van der Waals surface area (Å²) in [4.78, 5) is 44.7. The lowest BCUT2D eigenvalue weighted by atomic mass is 9.95. The molecule has 0 aromatic carbocycles. The Morgan fingerprint density at radius 2 is 1.96 bits per heavy atom. The van der Waals surface area contributed by atoms with Crippen molar-refractivity contribution in [1.29, 1.82) is 0 Å². The summed E-state index contributed by atoms with van der Waals surface area (Å²) < 4.78 is 0.573. The topological polar surface area (TPSA) is 73.5 Å². The highest BCUT2D eigenvalue weighted by molar-refractivity contribution is 7.17. The summed E-state index contributed by atoms with van der Waals surface area (Å²) in [5.74, 6) is -0.319. The van der Waals surface area contributed by atoms with Gasteiger partial charge in [0.15, 0.2) is 0 Å². The van der Waals surface area contributed by atoms with Gasteiger partial charge in [-0.15, -0.1) is 11.3 Å². The minimum absolute atomic E-state index is 0.0854. The number of aromatic amines is 1. The van der Waals surface area contributed by atoms with E-state index in [2.05, 4.69) is 4.98 Å². The van der Waals surface area contributed by atoms with E-state index in [0.29, 0.717) is 41.8 Å². The number of fused-ring (bicyclic) bond motifs is 1. The van der Waals surface area contributed by atoms with Gasteiger partial charge in [-0.05, 0) is 36.1 Å². The van der Waals surface area contributed by atoms with Crippen LogP contribution in [0.4, 0.5) is 0 Å². The average molecular weight is 404 g/mol. The van der Waals surface area contributed by atoms with Gasteiger partial charge >= 0.3 is 0 Å². The molecule has 8 heteroatoms. The van der Waals surface area contributed by atoms with Crippen LogP contribution < -0.4 is 5.56 Å². The van der Waals surface area contributed by atoms with E-state index >= 15 is 0 Å². The first-order chi connectivity index (χ1) is 13.0. The van der Waals surface area contributed by atoms with Gasteiger partial charge < -0.3 is 14.8 Å². The van der Waals surface area contributed by atoms with E-state index in [-0.39, 0.29) is 22.9 Å². The first-order valence-corrected chi connectivity index (χ1v) is 9.96. The fourth-order valence-corrected chi connectivity index (χ4v) is 4.55. The number of thiophene rings is 1. The lowest BCUT2D eigenvalue weighted by molar-refractivity contribution is 0.0737. The zero-order valence-corrected chi connectivity index (χ0v) is 16.1. The number of carbonyl (C=O) groups excluding carboxylic acids is 2. The van der Waals surface area contributed by atoms with Gasteiger partial charge in [-0.1, -0.05) is 23.8 Å². The van der Waals surface area contributed by atoms with E-state index < -0.39 is 0 Å². The van der Waals surface area contributed by atoms with Gasteiger partial charge in [0.25, 0.3) is 17.4 Å². The molecule has 0 fully saturated rings. The summed E-state index contributed by atoms with van der Waals surface area (Å²) in [5.41, 5.74) is 1.42. The largest absolute Gasteiger partial charge is 0.334 e. The fraction of sp³-hybridized carbons (Fsp3) is 0.316. The Hall–Kier alpha value is -2.38. The molecule has 0 atom stereocenters. The molecule has 2 aliphatic rings. The summed E-state index contributed by atoms with van der Waals surface area (Å²) in [6, 6.07) is 3.43. The highest BCUT2D eigenvalue weighted by Crippen LogP contribution is 2.26. The van der Waals surface area contributed by atoms with E-state index in [1.807, 2.05) is 12.2 Å². The van der Waals surface area contributed by atoms with Crippen LogP contribution in [0.15, 0.2) is 35.3 Å². The number of nitrogens with one attached hydrogen (secondary N) is 1. The van der Waals surface area contributed by atoms with Crippen LogP contribution in [-0.4, -0.2) is 46.2 Å². The lowest BCUT2D eigenvalue weighted by Crippen LogP contribution is -2.41. The SMILES string of the molecule is O=C(c1ccc(Cl)s1)N1CCc2c(c[nH]c(=O)c2C(=O)N2CC=CCC2)C1. The molecule has 0 spiro atoms. The quantitative estimate of drug-likeness (QED) is 0.783. The monoisotopic (exact) mass is 403 g/mol. The van der Waals surface area contributed by atoms with E-state index in [0.717, 1.165) is 17.5 Å². The van der Waals surface area contributed by atoms with Crippen molar-refractivity contribution in [2.45, 2.75) is 19.4 Å². The summed E-state index contributed by atoms with van der Waals surface area (Å²) >= 11 is 7.18. The molecule has 2 amide bonds. The van der Waals surface area contributed by atoms with Gasteiger partial charge in [0.05, 0.1) is 9.21 Å². The number of carbonyl (C=O) groups is 2. The number of halogens is 1. The summed E-state index contributed by atoms with van der Waals surface area (Å²) in [6.45, 7) is 1.96. The van der Waals surface area contributed by atoms with Gasteiger partial charge in [-0.25, -0.2) is 0 Å². The molecule has 2 aromatic heterocycles. The lowest BCUT2D eigenvalue weighted by Gasteiger charge is -2.30. The van der Waals surface area contributed by atoms with Crippen molar-refractivity contribution < 1.29 is 9.59 Å². The Morgan fingerprint density at radius 1 is 1.11 bits per heavy atom. The second-order valence-electron chi connectivity index (χ2n) is 6.59. The zero-order valence-electron chi connectivity index (χ0n) is 14.5. The Balaban J connectivity index is 1.62. The van der Waals surface area contributed by atoms with Gasteiger partial charge in [0, 0.05) is 32.4 Å². The molecule has 6 nitrogen and oxygen atoms in total. The minimum atomic E-state index is -0.363. The van der Waals surface area contributed by atoms with Gasteiger partial charge in [0.2, 0.25) is 0 Å². The van der Waals surface area contributed by atoms with Crippen molar-refractivity contribution >= 4 is 34.8 Å². The number of H-pyrrole nitrogens is 1. The zero-order chi connectivity index (χ0) is 19.0. The molecule has 0 saturated heterocycles. The van der Waals surface area contributed by atoms with Crippen molar-refractivity contribution in [2.75, 3.05) is 19.6 Å². The van der Waals surface area contributed by atoms with Crippen LogP contribution in [0, 0.1) is 0 Å². The van der Waals surface area contributed by atoms with Crippen molar-refractivity contribution in [3.63, 3.8) is 0 Å². The van der Waals surface area contributed by atoms with E-state index in [1.165, 1.54) is 11.3 Å². The number of aromatic nitrogens is 1. The molecule has 4 heterocycles. The third-order valence-corrected chi connectivity index (χ3v) is 6.14. The molecule has 0 aliphatic carbocycles. The van der Waals surface area contributed by atoms with Crippen molar-refractivity contribution in [3.05, 3.63) is 66.7 Å².